The highest BCUT2D eigenvalue weighted by Crippen LogP contribution is 2.25. The minimum Gasteiger partial charge on any atom is -0.340 e. The first-order valence-electron chi connectivity index (χ1n) is 10.9. The van der Waals surface area contributed by atoms with E-state index in [9.17, 15) is 4.79 Å². The third-order valence-corrected chi connectivity index (χ3v) is 5.75. The van der Waals surface area contributed by atoms with Crippen molar-refractivity contribution in [3.63, 3.8) is 0 Å². The van der Waals surface area contributed by atoms with Crippen LogP contribution in [-0.2, 0) is 25.0 Å². The molecule has 0 atom stereocenters. The van der Waals surface area contributed by atoms with E-state index in [2.05, 4.69) is 59.6 Å². The molecular weight excluding hydrogens is 402 g/mol. The highest BCUT2D eigenvalue weighted by atomic mass is 16.1. The second kappa shape index (κ2) is 7.56. The first kappa shape index (κ1) is 20.4. The maximum absolute atomic E-state index is 13.1. The number of aromatic nitrogens is 5. The van der Waals surface area contributed by atoms with Crippen LogP contribution in [0.15, 0.2) is 47.5 Å². The monoisotopic (exact) mass is 429 g/mol. The minimum atomic E-state index is -0.201. The number of hydrogen-bond donors (Lipinski definition) is 2. The molecule has 0 radical (unpaired) electrons. The lowest BCUT2D eigenvalue weighted by Gasteiger charge is -2.18. The molecule has 0 spiro atoms. The van der Waals surface area contributed by atoms with Gasteiger partial charge in [-0.05, 0) is 30.2 Å². The van der Waals surface area contributed by atoms with Crippen LogP contribution in [0.2, 0.25) is 0 Å². The first-order valence-corrected chi connectivity index (χ1v) is 10.9. The predicted molar refractivity (Wildman–Crippen MR) is 126 cm³/mol. The molecule has 164 valence electrons. The molecule has 1 aliphatic rings. The molecule has 0 fully saturated rings. The van der Waals surface area contributed by atoms with Crippen LogP contribution in [0.3, 0.4) is 0 Å². The molecule has 0 bridgehead atoms. The van der Waals surface area contributed by atoms with Crippen molar-refractivity contribution in [1.29, 1.82) is 0 Å². The maximum Gasteiger partial charge on any atom is 0.276 e. The molecule has 4 aromatic rings. The van der Waals surface area contributed by atoms with Crippen LogP contribution < -0.4 is 16.2 Å². The van der Waals surface area contributed by atoms with Gasteiger partial charge >= 0.3 is 0 Å². The van der Waals surface area contributed by atoms with Gasteiger partial charge in [0.15, 0.2) is 5.82 Å². The lowest BCUT2D eigenvalue weighted by atomic mass is 9.96. The summed E-state index contributed by atoms with van der Waals surface area (Å²) in [5.74, 6) is 2.07. The molecular formula is C24H27N7O. The Morgan fingerprint density at radius 1 is 1.09 bits per heavy atom. The Bertz CT molecular complexity index is 1380. The number of anilines is 2. The zero-order valence-corrected chi connectivity index (χ0v) is 18.8. The Hall–Kier alpha value is -3.52. The minimum absolute atomic E-state index is 0.0823. The largest absolute Gasteiger partial charge is 0.340 e. The van der Waals surface area contributed by atoms with Crippen molar-refractivity contribution in [3.05, 3.63) is 70.0 Å². The smallest absolute Gasteiger partial charge is 0.276 e. The van der Waals surface area contributed by atoms with E-state index in [4.69, 9.17) is 4.98 Å². The summed E-state index contributed by atoms with van der Waals surface area (Å²) in [5, 5.41) is 7.31. The Morgan fingerprint density at radius 3 is 2.69 bits per heavy atom. The fourth-order valence-corrected chi connectivity index (χ4v) is 4.09. The topological polar surface area (TPSA) is 89.7 Å². The second-order valence-electron chi connectivity index (χ2n) is 9.12. The molecule has 8 nitrogen and oxygen atoms in total. The fraction of sp³-hybridized carbons (Fsp3) is 0.333. The Morgan fingerprint density at radius 2 is 1.91 bits per heavy atom. The SMILES string of the molecule is CCn1c(=O)c2cnc(Nc3ccc4c(c3)CNC4)cc2n1-c1ccnc(C(C)(C)C)n1. The summed E-state index contributed by atoms with van der Waals surface area (Å²) < 4.78 is 3.56. The Labute approximate surface area is 186 Å². The molecule has 0 aliphatic carbocycles. The molecule has 1 aliphatic heterocycles. The highest BCUT2D eigenvalue weighted by Gasteiger charge is 2.21. The second-order valence-corrected chi connectivity index (χ2v) is 9.12. The van der Waals surface area contributed by atoms with E-state index in [-0.39, 0.29) is 11.0 Å². The number of fused-ring (bicyclic) bond motifs is 2. The molecule has 3 aromatic heterocycles. The van der Waals surface area contributed by atoms with Crippen molar-refractivity contribution in [2.75, 3.05) is 5.32 Å². The predicted octanol–water partition coefficient (Wildman–Crippen LogP) is 3.64. The number of rotatable bonds is 4. The maximum atomic E-state index is 13.1. The van der Waals surface area contributed by atoms with Crippen LogP contribution >= 0.6 is 0 Å². The van der Waals surface area contributed by atoms with Gasteiger partial charge in [0.1, 0.15) is 11.6 Å². The fourth-order valence-electron chi connectivity index (χ4n) is 4.09. The zero-order chi connectivity index (χ0) is 22.5. The van der Waals surface area contributed by atoms with Gasteiger partial charge in [-0.1, -0.05) is 26.8 Å². The first-order chi connectivity index (χ1) is 15.3. The van der Waals surface area contributed by atoms with Crippen LogP contribution in [0.4, 0.5) is 11.5 Å². The van der Waals surface area contributed by atoms with Gasteiger partial charge in [0.05, 0.1) is 10.9 Å². The van der Waals surface area contributed by atoms with Gasteiger partial charge in [-0.3, -0.25) is 4.79 Å². The van der Waals surface area contributed by atoms with Gasteiger partial charge in [-0.25, -0.2) is 24.3 Å². The van der Waals surface area contributed by atoms with Gasteiger partial charge in [0.2, 0.25) is 0 Å². The van der Waals surface area contributed by atoms with Crippen LogP contribution in [0.25, 0.3) is 16.7 Å². The number of nitrogens with zero attached hydrogens (tertiary/aromatic N) is 5. The van der Waals surface area contributed by atoms with Crippen LogP contribution in [0.5, 0.6) is 0 Å². The summed E-state index contributed by atoms with van der Waals surface area (Å²) >= 11 is 0. The van der Waals surface area contributed by atoms with Gasteiger partial charge in [-0.2, -0.15) is 0 Å². The van der Waals surface area contributed by atoms with E-state index in [1.54, 1.807) is 17.1 Å². The number of hydrogen-bond acceptors (Lipinski definition) is 6. The average molecular weight is 430 g/mol. The normalized spacial score (nSPS) is 13.5. The Balaban J connectivity index is 1.62. The van der Waals surface area contributed by atoms with Crippen LogP contribution in [0, 0.1) is 0 Å². The van der Waals surface area contributed by atoms with Crippen molar-refractivity contribution in [3.8, 4) is 5.82 Å². The van der Waals surface area contributed by atoms with E-state index in [0.29, 0.717) is 23.6 Å². The van der Waals surface area contributed by atoms with E-state index >= 15 is 0 Å². The van der Waals surface area contributed by atoms with Gasteiger partial charge in [0.25, 0.3) is 5.56 Å². The average Bonchev–Trinajstić information content (AvgIpc) is 3.34. The highest BCUT2D eigenvalue weighted by molar-refractivity contribution is 5.82. The summed E-state index contributed by atoms with van der Waals surface area (Å²) in [6.45, 7) is 10.5. The molecule has 1 aromatic carbocycles. The van der Waals surface area contributed by atoms with Crippen molar-refractivity contribution in [2.24, 2.45) is 0 Å². The number of pyridine rings is 1. The third-order valence-electron chi connectivity index (χ3n) is 5.75. The third kappa shape index (κ3) is 3.46. The van der Waals surface area contributed by atoms with Gasteiger partial charge in [0, 0.05) is 55.3 Å². The summed E-state index contributed by atoms with van der Waals surface area (Å²) in [5.41, 5.74) is 4.07. The van der Waals surface area contributed by atoms with E-state index in [1.165, 1.54) is 11.1 Å². The number of nitrogens with one attached hydrogen (secondary N) is 2. The molecule has 2 N–H and O–H groups in total. The number of benzene rings is 1. The lowest BCUT2D eigenvalue weighted by Crippen LogP contribution is -2.23. The van der Waals surface area contributed by atoms with Crippen LogP contribution in [0.1, 0.15) is 44.6 Å². The van der Waals surface area contributed by atoms with E-state index in [1.807, 2.05) is 23.7 Å². The Kier molecular flexibility index (Phi) is 4.82. The molecule has 0 saturated carbocycles. The molecule has 0 saturated heterocycles. The van der Waals surface area contributed by atoms with Gasteiger partial charge in [-0.15, -0.1) is 0 Å². The van der Waals surface area contributed by atoms with E-state index in [0.717, 1.165) is 30.1 Å². The molecule has 0 amide bonds. The van der Waals surface area contributed by atoms with Gasteiger partial charge < -0.3 is 10.6 Å². The standard InChI is InChI=1S/C24H27N7O/c1-5-30-22(32)18-14-27-20(28-17-7-6-15-12-25-13-16(15)10-17)11-19(18)31(30)21-8-9-26-23(29-21)24(2,3)4/h6-11,14,25H,5,12-13H2,1-4H3,(H,27,28). The summed E-state index contributed by atoms with van der Waals surface area (Å²) in [4.78, 5) is 26.8. The summed E-state index contributed by atoms with van der Waals surface area (Å²) in [6, 6.07) is 10.1. The molecule has 8 heteroatoms. The zero-order valence-electron chi connectivity index (χ0n) is 18.8. The summed E-state index contributed by atoms with van der Waals surface area (Å²) in [6.07, 6.45) is 3.39. The van der Waals surface area contributed by atoms with Crippen molar-refractivity contribution < 1.29 is 0 Å². The molecule has 4 heterocycles. The lowest BCUT2D eigenvalue weighted by molar-refractivity contribution is 0.529. The van der Waals surface area contributed by atoms with E-state index < -0.39 is 0 Å². The molecule has 32 heavy (non-hydrogen) atoms. The van der Waals surface area contributed by atoms with Crippen LogP contribution in [-0.4, -0.2) is 24.3 Å². The van der Waals surface area contributed by atoms with Crippen molar-refractivity contribution in [2.45, 2.75) is 52.7 Å². The van der Waals surface area contributed by atoms with Crippen molar-refractivity contribution in [1.82, 2.24) is 29.6 Å². The van der Waals surface area contributed by atoms with Crippen molar-refractivity contribution >= 4 is 22.4 Å². The summed E-state index contributed by atoms with van der Waals surface area (Å²) in [7, 11) is 0. The molecule has 5 rings (SSSR count). The molecule has 0 unspecified atom stereocenters. The quantitative estimate of drug-likeness (QED) is 0.515.